The fourth-order valence-corrected chi connectivity index (χ4v) is 1.58. The Hall–Kier alpha value is -1.97. The zero-order valence-electron chi connectivity index (χ0n) is 8.30. The Balaban J connectivity index is 2.55. The Kier molecular flexibility index (Phi) is 2.33. The Morgan fingerprint density at radius 3 is 2.87 bits per heavy atom. The SMILES string of the molecule is CCN(C(=O)O)c1coc2ccccc12. The third kappa shape index (κ3) is 1.54. The first-order valence-corrected chi connectivity index (χ1v) is 4.70. The van der Waals surface area contributed by atoms with E-state index in [1.807, 2.05) is 24.3 Å². The van der Waals surface area contributed by atoms with Crippen molar-refractivity contribution in [2.75, 3.05) is 11.4 Å². The number of hydrogen-bond donors (Lipinski definition) is 1. The van der Waals surface area contributed by atoms with Crippen molar-refractivity contribution >= 4 is 22.7 Å². The number of para-hydroxylation sites is 1. The van der Waals surface area contributed by atoms with E-state index in [0.29, 0.717) is 17.8 Å². The van der Waals surface area contributed by atoms with Crippen LogP contribution in [-0.4, -0.2) is 17.7 Å². The average molecular weight is 205 g/mol. The van der Waals surface area contributed by atoms with E-state index in [0.717, 1.165) is 5.39 Å². The highest BCUT2D eigenvalue weighted by Crippen LogP contribution is 2.28. The molecular weight excluding hydrogens is 194 g/mol. The molecule has 78 valence electrons. The first kappa shape index (κ1) is 9.58. The number of furan rings is 1. The van der Waals surface area contributed by atoms with Crippen LogP contribution in [0.3, 0.4) is 0 Å². The summed E-state index contributed by atoms with van der Waals surface area (Å²) in [6, 6.07) is 7.37. The number of carbonyl (C=O) groups is 1. The molecule has 0 aliphatic rings. The summed E-state index contributed by atoms with van der Waals surface area (Å²) in [7, 11) is 0. The summed E-state index contributed by atoms with van der Waals surface area (Å²) in [5.74, 6) is 0. The van der Waals surface area contributed by atoms with Crippen molar-refractivity contribution in [3.8, 4) is 0 Å². The molecule has 1 aromatic carbocycles. The van der Waals surface area contributed by atoms with Crippen LogP contribution in [0.1, 0.15) is 6.92 Å². The van der Waals surface area contributed by atoms with Crippen molar-refractivity contribution in [1.29, 1.82) is 0 Å². The van der Waals surface area contributed by atoms with Crippen molar-refractivity contribution in [3.63, 3.8) is 0 Å². The summed E-state index contributed by atoms with van der Waals surface area (Å²) < 4.78 is 5.28. The minimum absolute atomic E-state index is 0.402. The lowest BCUT2D eigenvalue weighted by atomic mass is 10.2. The van der Waals surface area contributed by atoms with Crippen LogP contribution in [0.4, 0.5) is 10.5 Å². The number of rotatable bonds is 2. The van der Waals surface area contributed by atoms with Crippen LogP contribution < -0.4 is 4.90 Å². The fraction of sp³-hybridized carbons (Fsp3) is 0.182. The summed E-state index contributed by atoms with van der Waals surface area (Å²) >= 11 is 0. The number of fused-ring (bicyclic) bond motifs is 1. The highest BCUT2D eigenvalue weighted by Gasteiger charge is 2.16. The molecule has 0 spiro atoms. The van der Waals surface area contributed by atoms with E-state index in [2.05, 4.69) is 0 Å². The maximum atomic E-state index is 11.0. The van der Waals surface area contributed by atoms with Crippen LogP contribution >= 0.6 is 0 Å². The maximum absolute atomic E-state index is 11.0. The van der Waals surface area contributed by atoms with E-state index in [1.54, 1.807) is 6.92 Å². The van der Waals surface area contributed by atoms with Crippen molar-refractivity contribution < 1.29 is 14.3 Å². The standard InChI is InChI=1S/C11H11NO3/c1-2-12(11(13)14)9-7-15-10-6-4-3-5-8(9)10/h3-7H,2H2,1H3,(H,13,14). The molecule has 0 saturated heterocycles. The smallest absolute Gasteiger partial charge is 0.411 e. The average Bonchev–Trinajstić information content (AvgIpc) is 2.63. The van der Waals surface area contributed by atoms with Crippen LogP contribution in [0.25, 0.3) is 11.0 Å². The molecule has 1 aromatic heterocycles. The van der Waals surface area contributed by atoms with Crippen molar-refractivity contribution in [3.05, 3.63) is 30.5 Å². The van der Waals surface area contributed by atoms with Gasteiger partial charge in [0.1, 0.15) is 11.8 Å². The van der Waals surface area contributed by atoms with Crippen LogP contribution in [-0.2, 0) is 0 Å². The lowest BCUT2D eigenvalue weighted by Crippen LogP contribution is -2.28. The molecule has 1 amide bonds. The van der Waals surface area contributed by atoms with Gasteiger partial charge in [-0.3, -0.25) is 4.90 Å². The van der Waals surface area contributed by atoms with Crippen LogP contribution in [0.2, 0.25) is 0 Å². The number of anilines is 1. The van der Waals surface area contributed by atoms with Gasteiger partial charge in [0.05, 0.1) is 5.69 Å². The zero-order valence-corrected chi connectivity index (χ0v) is 8.30. The summed E-state index contributed by atoms with van der Waals surface area (Å²) in [5, 5.41) is 9.81. The molecule has 15 heavy (non-hydrogen) atoms. The Morgan fingerprint density at radius 1 is 1.47 bits per heavy atom. The van der Waals surface area contributed by atoms with Gasteiger partial charge in [-0.05, 0) is 19.1 Å². The van der Waals surface area contributed by atoms with Crippen molar-refractivity contribution in [1.82, 2.24) is 0 Å². The quantitative estimate of drug-likeness (QED) is 0.820. The van der Waals surface area contributed by atoms with Gasteiger partial charge < -0.3 is 9.52 Å². The second kappa shape index (κ2) is 3.65. The molecular formula is C11H11NO3. The topological polar surface area (TPSA) is 53.7 Å². The predicted molar refractivity (Wildman–Crippen MR) is 57.3 cm³/mol. The zero-order chi connectivity index (χ0) is 10.8. The third-order valence-electron chi connectivity index (χ3n) is 2.30. The first-order chi connectivity index (χ1) is 7.24. The second-order valence-electron chi connectivity index (χ2n) is 3.14. The van der Waals surface area contributed by atoms with Gasteiger partial charge in [0.15, 0.2) is 0 Å². The predicted octanol–water partition coefficient (Wildman–Crippen LogP) is 2.94. The third-order valence-corrected chi connectivity index (χ3v) is 2.30. The summed E-state index contributed by atoms with van der Waals surface area (Å²) in [5.41, 5.74) is 1.30. The molecule has 4 nitrogen and oxygen atoms in total. The van der Waals surface area contributed by atoms with Gasteiger partial charge in [0, 0.05) is 11.9 Å². The Bertz CT molecular complexity index is 489. The number of amides is 1. The number of carboxylic acid groups (broad SMARTS) is 1. The largest absolute Gasteiger partial charge is 0.465 e. The molecule has 4 heteroatoms. The van der Waals surface area contributed by atoms with Gasteiger partial charge in [-0.25, -0.2) is 4.79 Å². The number of hydrogen-bond acceptors (Lipinski definition) is 2. The summed E-state index contributed by atoms with van der Waals surface area (Å²) in [6.07, 6.45) is 0.506. The molecule has 0 aliphatic carbocycles. The van der Waals surface area contributed by atoms with Gasteiger partial charge in [0.2, 0.25) is 0 Å². The van der Waals surface area contributed by atoms with Gasteiger partial charge >= 0.3 is 6.09 Å². The van der Waals surface area contributed by atoms with E-state index in [4.69, 9.17) is 9.52 Å². The second-order valence-corrected chi connectivity index (χ2v) is 3.14. The van der Waals surface area contributed by atoms with Crippen LogP contribution in [0, 0.1) is 0 Å². The van der Waals surface area contributed by atoms with E-state index in [9.17, 15) is 4.79 Å². The van der Waals surface area contributed by atoms with E-state index >= 15 is 0 Å². The summed E-state index contributed by atoms with van der Waals surface area (Å²) in [6.45, 7) is 2.19. The monoisotopic (exact) mass is 205 g/mol. The normalized spacial score (nSPS) is 10.5. The maximum Gasteiger partial charge on any atom is 0.411 e. The Labute approximate surface area is 86.7 Å². The molecule has 0 atom stereocenters. The first-order valence-electron chi connectivity index (χ1n) is 4.70. The lowest BCUT2D eigenvalue weighted by molar-refractivity contribution is 0.202. The summed E-state index contributed by atoms with van der Waals surface area (Å²) in [4.78, 5) is 12.2. The lowest BCUT2D eigenvalue weighted by Gasteiger charge is -2.14. The molecule has 1 heterocycles. The fourth-order valence-electron chi connectivity index (χ4n) is 1.58. The molecule has 1 N–H and O–H groups in total. The highest BCUT2D eigenvalue weighted by molar-refractivity contribution is 5.99. The van der Waals surface area contributed by atoms with Gasteiger partial charge in [-0.2, -0.15) is 0 Å². The van der Waals surface area contributed by atoms with E-state index in [-0.39, 0.29) is 0 Å². The molecule has 0 bridgehead atoms. The van der Waals surface area contributed by atoms with E-state index in [1.165, 1.54) is 11.2 Å². The minimum Gasteiger partial charge on any atom is -0.465 e. The minimum atomic E-state index is -0.968. The molecule has 0 radical (unpaired) electrons. The Morgan fingerprint density at radius 2 is 2.20 bits per heavy atom. The van der Waals surface area contributed by atoms with Gasteiger partial charge in [0.25, 0.3) is 0 Å². The molecule has 2 rings (SSSR count). The molecule has 2 aromatic rings. The van der Waals surface area contributed by atoms with Crippen LogP contribution in [0.15, 0.2) is 34.9 Å². The highest BCUT2D eigenvalue weighted by atomic mass is 16.4. The number of nitrogens with zero attached hydrogens (tertiary/aromatic N) is 1. The van der Waals surface area contributed by atoms with Gasteiger partial charge in [-0.1, -0.05) is 12.1 Å². The molecule has 0 fully saturated rings. The number of benzene rings is 1. The van der Waals surface area contributed by atoms with Crippen molar-refractivity contribution in [2.45, 2.75) is 6.92 Å². The van der Waals surface area contributed by atoms with E-state index < -0.39 is 6.09 Å². The molecule has 0 saturated carbocycles. The molecule has 0 aliphatic heterocycles. The van der Waals surface area contributed by atoms with Crippen molar-refractivity contribution in [2.24, 2.45) is 0 Å². The molecule has 0 unspecified atom stereocenters. The van der Waals surface area contributed by atoms with Gasteiger partial charge in [-0.15, -0.1) is 0 Å². The van der Waals surface area contributed by atoms with Crippen LogP contribution in [0.5, 0.6) is 0 Å².